The molecule has 1 aliphatic carbocycles. The Morgan fingerprint density at radius 3 is 2.19 bits per heavy atom. The van der Waals surface area contributed by atoms with Crippen LogP contribution in [0.25, 0.3) is 0 Å². The first kappa shape index (κ1) is 53.8. The van der Waals surface area contributed by atoms with Gasteiger partial charge in [0, 0.05) is 38.2 Å². The lowest BCUT2D eigenvalue weighted by atomic mass is 9.79. The molecule has 20 atom stereocenters. The fraction of sp³-hybridized carbons (Fsp3) is 0.877. The minimum atomic E-state index is -1.85. The Morgan fingerprint density at radius 1 is 0.722 bits per heavy atom. The van der Waals surface area contributed by atoms with Crippen LogP contribution in [0.15, 0.2) is 37.0 Å². The van der Waals surface area contributed by atoms with Crippen LogP contribution >= 0.6 is 0 Å². The van der Waals surface area contributed by atoms with Crippen molar-refractivity contribution in [3.63, 3.8) is 0 Å². The lowest BCUT2D eigenvalue weighted by Crippen LogP contribution is -2.65. The van der Waals surface area contributed by atoms with Crippen molar-refractivity contribution in [2.75, 3.05) is 13.2 Å². The molecule has 72 heavy (non-hydrogen) atoms. The Hall–Kier alpha value is -1.57. The molecule has 15 heteroatoms. The van der Waals surface area contributed by atoms with E-state index < -0.39 is 62.4 Å². The molecule has 9 saturated heterocycles. The summed E-state index contributed by atoms with van der Waals surface area (Å²) in [4.78, 5) is 14.5. The normalized spacial score (nSPS) is 46.6. The molecule has 406 valence electrons. The lowest BCUT2D eigenvalue weighted by molar-refractivity contribution is -0.294. The fourth-order valence-corrected chi connectivity index (χ4v) is 21.1. The van der Waals surface area contributed by atoms with Gasteiger partial charge in [0.2, 0.25) is 0 Å². The van der Waals surface area contributed by atoms with E-state index in [-0.39, 0.29) is 104 Å². The highest BCUT2D eigenvalue weighted by atomic mass is 28.3. The number of hydrogen-bond donors (Lipinski definition) is 2. The molecule has 0 aromatic carbocycles. The molecule has 2 N–H and O–H groups in total. The fourth-order valence-electron chi connectivity index (χ4n) is 15.9. The van der Waals surface area contributed by atoms with Crippen LogP contribution < -0.4 is 0 Å². The number of carbonyl (C=O) groups is 1. The van der Waals surface area contributed by atoms with E-state index in [1.165, 1.54) is 37.4 Å². The van der Waals surface area contributed by atoms with Gasteiger partial charge in [-0.1, -0.05) is 91.2 Å². The summed E-state index contributed by atoms with van der Waals surface area (Å²) in [7, 11) is -1.85. The van der Waals surface area contributed by atoms with Crippen molar-refractivity contribution in [2.45, 2.75) is 289 Å². The summed E-state index contributed by atoms with van der Waals surface area (Å²) in [6.07, 6.45) is 9.41. The van der Waals surface area contributed by atoms with E-state index >= 15 is 0 Å². The molecule has 0 radical (unpaired) electrons. The summed E-state index contributed by atoms with van der Waals surface area (Å²) in [5.74, 6) is -3.17. The Balaban J connectivity index is 0.930. The number of hydrogen-bond acceptors (Lipinski definition) is 14. The molecular weight excluding hydrogens is 937 g/mol. The first-order valence-electron chi connectivity index (χ1n) is 28.8. The number of carbonyl (C=O) groups excluding carboxylic acids is 1. The zero-order chi connectivity index (χ0) is 50.6. The van der Waals surface area contributed by atoms with Gasteiger partial charge in [-0.25, -0.2) is 0 Å². The highest BCUT2D eigenvalue weighted by Gasteiger charge is 2.66. The molecule has 1 spiro atoms. The lowest BCUT2D eigenvalue weighted by Gasteiger charge is -2.56. The molecule has 10 aliphatic rings. The van der Waals surface area contributed by atoms with Crippen molar-refractivity contribution < 1.29 is 67.1 Å². The van der Waals surface area contributed by atoms with Gasteiger partial charge < -0.3 is 62.3 Å². The predicted molar refractivity (Wildman–Crippen MR) is 272 cm³/mol. The minimum absolute atomic E-state index is 0.00702. The van der Waals surface area contributed by atoms with Gasteiger partial charge in [0.25, 0.3) is 0 Å². The van der Waals surface area contributed by atoms with E-state index in [0.29, 0.717) is 51.4 Å². The smallest absolute Gasteiger partial charge is 0.308 e. The molecule has 10 fully saturated rings. The first-order valence-corrected chi connectivity index (χ1v) is 31.4. The Labute approximate surface area is 430 Å². The number of rotatable bonds is 11. The molecule has 10 rings (SSSR count). The van der Waals surface area contributed by atoms with Crippen LogP contribution in [0.2, 0.25) is 18.1 Å². The summed E-state index contributed by atoms with van der Waals surface area (Å²) in [5.41, 5.74) is 2.12. The number of fused-ring (bicyclic) bond motifs is 10. The summed E-state index contributed by atoms with van der Waals surface area (Å²) < 4.78 is 76.2. The van der Waals surface area contributed by atoms with E-state index in [1.807, 2.05) is 0 Å². The number of aliphatic hydroxyl groups excluding tert-OH is 1. The predicted octanol–water partition coefficient (Wildman–Crippen LogP) is 8.88. The Kier molecular flexibility index (Phi) is 16.5. The third-order valence-electron chi connectivity index (χ3n) is 19.9. The molecule has 9 heterocycles. The highest BCUT2D eigenvalue weighted by Crippen LogP contribution is 2.54. The quantitative estimate of drug-likeness (QED) is 0.0875. The van der Waals surface area contributed by atoms with Gasteiger partial charge in [0.05, 0.1) is 112 Å². The topological polar surface area (TPSA) is 159 Å². The van der Waals surface area contributed by atoms with Crippen LogP contribution in [0.4, 0.5) is 0 Å². The molecule has 0 amide bonds. The molecule has 6 unspecified atom stereocenters. The van der Waals surface area contributed by atoms with E-state index in [4.69, 9.17) is 52.1 Å². The van der Waals surface area contributed by atoms with Crippen molar-refractivity contribution in [3.8, 4) is 0 Å². The maximum atomic E-state index is 14.5. The van der Waals surface area contributed by atoms with Crippen LogP contribution in [0, 0.1) is 11.8 Å². The van der Waals surface area contributed by atoms with Crippen LogP contribution in [0.1, 0.15) is 157 Å². The zero-order valence-electron chi connectivity index (χ0n) is 44.4. The Morgan fingerprint density at radius 2 is 1.44 bits per heavy atom. The highest BCUT2D eigenvalue weighted by molar-refractivity contribution is 6.82. The second-order valence-corrected chi connectivity index (χ2v) is 29.7. The van der Waals surface area contributed by atoms with E-state index in [0.717, 1.165) is 49.7 Å². The number of ether oxygens (including phenoxy) is 11. The molecular formula is C57H90O14Si. The van der Waals surface area contributed by atoms with Gasteiger partial charge in [-0.05, 0) is 81.3 Å². The van der Waals surface area contributed by atoms with Gasteiger partial charge >= 0.3 is 5.97 Å². The summed E-state index contributed by atoms with van der Waals surface area (Å²) >= 11 is 0. The molecule has 1 saturated carbocycles. The standard InChI is InChI=1S/C57H90O14Si/c1-9-26-61-57(60)33-55-24-20-40-28-35(6)41(62-40)18-16-38-27-34(5)36(7)44(63-38)30-46-52(68-50(59)29-39-17-19-43-53(64-39)48(69-55)32-49(65-43)54(57)71-55)37(8)51-47(66-46)31-45(42(67-51)21-25-58)70-56(22-14-13-15-23-56)72(10-2,11-3)12-4/h9,34,37-49,51-54,58,60H,1,6-7,10-33H2,2-5,8H3/t34-,37+,38?,39-,40?,41?,42?,43+,44?,45-,46+,47+,48-,49-,51+,52-,53+,54-,55?,57+/m1/s1. The van der Waals surface area contributed by atoms with Gasteiger partial charge in [-0.2, -0.15) is 0 Å². The van der Waals surface area contributed by atoms with Gasteiger partial charge in [0.1, 0.15) is 18.3 Å². The zero-order valence-corrected chi connectivity index (χ0v) is 45.4. The van der Waals surface area contributed by atoms with Crippen molar-refractivity contribution >= 4 is 14.0 Å². The maximum absolute atomic E-state index is 14.5. The van der Waals surface area contributed by atoms with Crippen LogP contribution in [0.5, 0.6) is 0 Å². The summed E-state index contributed by atoms with van der Waals surface area (Å²) in [6, 6.07) is 3.55. The first-order chi connectivity index (χ1) is 34.7. The largest absolute Gasteiger partial charge is 0.459 e. The second-order valence-electron chi connectivity index (χ2n) is 24.1. The van der Waals surface area contributed by atoms with E-state index in [9.17, 15) is 15.0 Å². The molecule has 14 nitrogen and oxygen atoms in total. The van der Waals surface area contributed by atoms with Crippen molar-refractivity contribution in [1.29, 1.82) is 0 Å². The van der Waals surface area contributed by atoms with Gasteiger partial charge in [-0.15, -0.1) is 6.58 Å². The molecule has 9 aliphatic heterocycles. The Bertz CT molecular complexity index is 1920. The van der Waals surface area contributed by atoms with Crippen LogP contribution in [0.3, 0.4) is 0 Å². The molecule has 0 aromatic heterocycles. The van der Waals surface area contributed by atoms with Crippen molar-refractivity contribution in [2.24, 2.45) is 11.8 Å². The van der Waals surface area contributed by atoms with E-state index in [2.05, 4.69) is 54.4 Å². The molecule has 10 bridgehead atoms. The minimum Gasteiger partial charge on any atom is -0.459 e. The van der Waals surface area contributed by atoms with Crippen molar-refractivity contribution in [1.82, 2.24) is 0 Å². The maximum Gasteiger partial charge on any atom is 0.308 e. The third kappa shape index (κ3) is 10.3. The number of esters is 1. The SMILES string of the molecule is C=CCO[C@@]1(O)CC23CCC4CC(=C)C(CCC5C[C@@H](C)C(=C)C(C[C@@H]6O[C@H]7C[C@@H](OC8([Si](CC)(CC)CC)CCCCC8)C(CCO)O[C@H]7[C@H](C)[C@H]6OC(=O)C[C@H]6CC[C@@H]7O[C@H](C[C@@H](O2)[C@H]7O6)[C@H]1O3)O5)O4. The monoisotopic (exact) mass is 1030 g/mol. The molecule has 0 aromatic rings. The summed E-state index contributed by atoms with van der Waals surface area (Å²) in [6.45, 7) is 24.6. The van der Waals surface area contributed by atoms with E-state index in [1.54, 1.807) is 6.08 Å². The third-order valence-corrected chi connectivity index (χ3v) is 26.6. The summed E-state index contributed by atoms with van der Waals surface area (Å²) in [5, 5.41) is 22.5. The average Bonchev–Trinajstić information content (AvgIpc) is 3.83. The second kappa shape index (κ2) is 22.0. The average molecular weight is 1030 g/mol. The van der Waals surface area contributed by atoms with Gasteiger partial charge in [0.15, 0.2) is 11.6 Å². The van der Waals surface area contributed by atoms with Crippen LogP contribution in [-0.2, 0) is 56.9 Å². The van der Waals surface area contributed by atoms with Crippen LogP contribution in [-0.4, -0.2) is 152 Å². The number of aliphatic hydroxyl groups is 2. The van der Waals surface area contributed by atoms with Gasteiger partial charge in [-0.3, -0.25) is 4.79 Å². The van der Waals surface area contributed by atoms with Crippen molar-refractivity contribution in [3.05, 3.63) is 37.0 Å².